The summed E-state index contributed by atoms with van der Waals surface area (Å²) in [6.45, 7) is 4.63. The molecule has 9 nitrogen and oxygen atoms in total. The Morgan fingerprint density at radius 1 is 0.956 bits per heavy atom. The van der Waals surface area contributed by atoms with Gasteiger partial charge in [0, 0.05) is 42.5 Å². The molecule has 0 aliphatic carbocycles. The van der Waals surface area contributed by atoms with Gasteiger partial charge in [0.25, 0.3) is 5.56 Å². The Labute approximate surface area is 260 Å². The van der Waals surface area contributed by atoms with E-state index < -0.39 is 17.3 Å². The molecule has 0 aliphatic rings. The molecule has 5 rings (SSSR count). The first-order valence-corrected chi connectivity index (χ1v) is 15.0. The van der Waals surface area contributed by atoms with Crippen molar-refractivity contribution in [3.8, 4) is 11.3 Å². The predicted molar refractivity (Wildman–Crippen MR) is 171 cm³/mol. The first kappa shape index (κ1) is 31.3. The SMILES string of the molecule is CCCC(=O)Nc1ccc(-c2nc3n(Cc4ccccc4F)cc(C(=O)OCC)c(=O)n3c2CN(C)Cc2ccccc2)cc1. The molecular formula is C35H36FN5O4. The van der Waals surface area contributed by atoms with Gasteiger partial charge in [0.1, 0.15) is 11.4 Å². The number of ether oxygens (including phenoxy) is 1. The number of anilines is 1. The highest BCUT2D eigenvalue weighted by atomic mass is 19.1. The number of hydrogen-bond acceptors (Lipinski definition) is 6. The normalized spacial score (nSPS) is 11.2. The molecule has 0 radical (unpaired) electrons. The lowest BCUT2D eigenvalue weighted by Gasteiger charge is -2.18. The average Bonchev–Trinajstić information content (AvgIpc) is 3.40. The highest BCUT2D eigenvalue weighted by Gasteiger charge is 2.25. The second kappa shape index (κ2) is 14.1. The fourth-order valence-corrected chi connectivity index (χ4v) is 5.26. The van der Waals surface area contributed by atoms with E-state index in [4.69, 9.17) is 9.72 Å². The van der Waals surface area contributed by atoms with E-state index in [1.54, 1.807) is 41.8 Å². The predicted octanol–water partition coefficient (Wildman–Crippen LogP) is 5.90. The van der Waals surface area contributed by atoms with Crippen LogP contribution in [0.1, 0.15) is 53.9 Å². The van der Waals surface area contributed by atoms with E-state index in [0.29, 0.717) is 47.7 Å². The fraction of sp³-hybridized carbons (Fsp3) is 0.257. The molecule has 1 N–H and O–H groups in total. The lowest BCUT2D eigenvalue weighted by atomic mass is 10.1. The molecule has 2 aromatic heterocycles. The van der Waals surface area contributed by atoms with Crippen LogP contribution in [0.25, 0.3) is 17.0 Å². The number of carbonyl (C=O) groups is 2. The van der Waals surface area contributed by atoms with Crippen LogP contribution in [-0.4, -0.2) is 44.4 Å². The van der Waals surface area contributed by atoms with Crippen molar-refractivity contribution in [2.45, 2.75) is 46.3 Å². The van der Waals surface area contributed by atoms with E-state index in [9.17, 15) is 18.8 Å². The zero-order valence-corrected chi connectivity index (χ0v) is 25.6. The van der Waals surface area contributed by atoms with Crippen molar-refractivity contribution in [3.05, 3.63) is 124 Å². The number of rotatable bonds is 12. The molecular weight excluding hydrogens is 573 g/mol. The smallest absolute Gasteiger partial charge is 0.345 e. The van der Waals surface area contributed by atoms with Crippen LogP contribution in [-0.2, 0) is 29.2 Å². The number of benzene rings is 3. The zero-order valence-electron chi connectivity index (χ0n) is 25.6. The highest BCUT2D eigenvalue weighted by molar-refractivity contribution is 5.91. The molecule has 0 bridgehead atoms. The van der Waals surface area contributed by atoms with Gasteiger partial charge in [0.2, 0.25) is 11.7 Å². The number of carbonyl (C=O) groups excluding carboxylic acids is 2. The lowest BCUT2D eigenvalue weighted by molar-refractivity contribution is -0.116. The van der Waals surface area contributed by atoms with Crippen molar-refractivity contribution >= 4 is 23.3 Å². The first-order chi connectivity index (χ1) is 21.8. The number of hydrogen-bond donors (Lipinski definition) is 1. The number of esters is 1. The van der Waals surface area contributed by atoms with Crippen molar-refractivity contribution in [3.63, 3.8) is 0 Å². The number of imidazole rings is 1. The quantitative estimate of drug-likeness (QED) is 0.177. The number of amides is 1. The average molecular weight is 610 g/mol. The zero-order chi connectivity index (χ0) is 31.9. The van der Waals surface area contributed by atoms with Crippen LogP contribution in [0.2, 0.25) is 0 Å². The molecule has 10 heteroatoms. The monoisotopic (exact) mass is 609 g/mol. The standard InChI is InChI=1S/C35H36FN5O4/c1-4-11-31(42)37-27-18-16-25(17-19-27)32-30(23-39(3)20-24-12-7-6-8-13-24)41-33(43)28(34(44)45-5-2)22-40(35(41)38-32)21-26-14-9-10-15-29(26)36/h6-10,12-19,22H,4-5,11,20-21,23H2,1-3H3,(H,37,42). The number of fused-ring (bicyclic) bond motifs is 1. The maximum atomic E-state index is 14.8. The summed E-state index contributed by atoms with van der Waals surface area (Å²) in [6, 6.07) is 23.5. The molecule has 232 valence electrons. The van der Waals surface area contributed by atoms with Gasteiger partial charge in [0.15, 0.2) is 0 Å². The Bertz CT molecular complexity index is 1870. The number of halogens is 1. The molecule has 0 saturated heterocycles. The van der Waals surface area contributed by atoms with Gasteiger partial charge < -0.3 is 14.6 Å². The molecule has 5 aromatic rings. The van der Waals surface area contributed by atoms with Gasteiger partial charge in [-0.1, -0.05) is 67.6 Å². The van der Waals surface area contributed by atoms with Gasteiger partial charge in [-0.25, -0.2) is 18.6 Å². The van der Waals surface area contributed by atoms with E-state index >= 15 is 0 Å². The fourth-order valence-electron chi connectivity index (χ4n) is 5.26. The van der Waals surface area contributed by atoms with Crippen LogP contribution in [0.15, 0.2) is 89.9 Å². The summed E-state index contributed by atoms with van der Waals surface area (Å²) in [5.74, 6) is -0.993. The third kappa shape index (κ3) is 7.18. The Morgan fingerprint density at radius 3 is 2.36 bits per heavy atom. The minimum atomic E-state index is -0.766. The van der Waals surface area contributed by atoms with Gasteiger partial charge in [-0.05, 0) is 44.2 Å². The summed E-state index contributed by atoms with van der Waals surface area (Å²) < 4.78 is 23.1. The van der Waals surface area contributed by atoms with Crippen LogP contribution in [0, 0.1) is 5.82 Å². The van der Waals surface area contributed by atoms with E-state index in [1.807, 2.05) is 56.4 Å². The molecule has 0 aliphatic heterocycles. The second-order valence-corrected chi connectivity index (χ2v) is 10.9. The Hall–Kier alpha value is -5.09. The van der Waals surface area contributed by atoms with Crippen LogP contribution in [0.3, 0.4) is 0 Å². The molecule has 0 fully saturated rings. The lowest BCUT2D eigenvalue weighted by Crippen LogP contribution is -2.29. The van der Waals surface area contributed by atoms with Crippen LogP contribution < -0.4 is 10.9 Å². The second-order valence-electron chi connectivity index (χ2n) is 10.9. The van der Waals surface area contributed by atoms with E-state index in [0.717, 1.165) is 12.0 Å². The van der Waals surface area contributed by atoms with Gasteiger partial charge in [0.05, 0.1) is 24.5 Å². The van der Waals surface area contributed by atoms with Gasteiger partial charge >= 0.3 is 5.97 Å². The molecule has 1 amide bonds. The van der Waals surface area contributed by atoms with E-state index in [2.05, 4.69) is 10.2 Å². The first-order valence-electron chi connectivity index (χ1n) is 15.0. The summed E-state index contributed by atoms with van der Waals surface area (Å²) in [5, 5.41) is 2.89. The summed E-state index contributed by atoms with van der Waals surface area (Å²) in [4.78, 5) is 46.2. The van der Waals surface area contributed by atoms with E-state index in [-0.39, 0.29) is 30.4 Å². The van der Waals surface area contributed by atoms with Gasteiger partial charge in [-0.2, -0.15) is 0 Å². The molecule has 0 atom stereocenters. The minimum Gasteiger partial charge on any atom is -0.462 e. The van der Waals surface area contributed by atoms with Crippen molar-refractivity contribution in [1.82, 2.24) is 18.9 Å². The van der Waals surface area contributed by atoms with Crippen LogP contribution in [0.5, 0.6) is 0 Å². The van der Waals surface area contributed by atoms with Crippen molar-refractivity contribution in [1.29, 1.82) is 0 Å². The summed E-state index contributed by atoms with van der Waals surface area (Å²) in [5.41, 5.74) is 3.16. The summed E-state index contributed by atoms with van der Waals surface area (Å²) in [6.07, 6.45) is 2.55. The van der Waals surface area contributed by atoms with Crippen LogP contribution >= 0.6 is 0 Å². The third-order valence-electron chi connectivity index (χ3n) is 7.36. The van der Waals surface area contributed by atoms with Crippen molar-refractivity contribution < 1.29 is 18.7 Å². The van der Waals surface area contributed by atoms with E-state index in [1.165, 1.54) is 16.7 Å². The molecule has 0 saturated carbocycles. The minimum absolute atomic E-state index is 0.0288. The molecule has 45 heavy (non-hydrogen) atoms. The molecule has 3 aromatic carbocycles. The Morgan fingerprint density at radius 2 is 1.67 bits per heavy atom. The topological polar surface area (TPSA) is 97.9 Å². The third-order valence-corrected chi connectivity index (χ3v) is 7.36. The highest BCUT2D eigenvalue weighted by Crippen LogP contribution is 2.27. The molecule has 0 spiro atoms. The number of nitrogens with one attached hydrogen (secondary N) is 1. The maximum Gasteiger partial charge on any atom is 0.345 e. The van der Waals surface area contributed by atoms with Crippen LogP contribution in [0.4, 0.5) is 10.1 Å². The molecule has 0 unspecified atom stereocenters. The van der Waals surface area contributed by atoms with Crippen molar-refractivity contribution in [2.75, 3.05) is 19.0 Å². The van der Waals surface area contributed by atoms with Crippen molar-refractivity contribution in [2.24, 2.45) is 0 Å². The van der Waals surface area contributed by atoms with Gasteiger partial charge in [-0.3, -0.25) is 14.5 Å². The summed E-state index contributed by atoms with van der Waals surface area (Å²) in [7, 11) is 1.94. The number of nitrogens with zero attached hydrogens (tertiary/aromatic N) is 4. The largest absolute Gasteiger partial charge is 0.462 e. The Balaban J connectivity index is 1.68. The number of aromatic nitrogens is 3. The Kier molecular flexibility index (Phi) is 9.84. The molecule has 2 heterocycles. The van der Waals surface area contributed by atoms with Gasteiger partial charge in [-0.15, -0.1) is 0 Å². The maximum absolute atomic E-state index is 14.8. The summed E-state index contributed by atoms with van der Waals surface area (Å²) >= 11 is 0.